The zero-order valence-electron chi connectivity index (χ0n) is 44.0. The molecule has 3 aliphatic rings. The summed E-state index contributed by atoms with van der Waals surface area (Å²) in [6.07, 6.45) is 1.91. The van der Waals surface area contributed by atoms with Crippen molar-refractivity contribution in [1.29, 1.82) is 0 Å². The second-order valence-electron chi connectivity index (χ2n) is 21.8. The molecule has 0 saturated heterocycles. The Bertz CT molecular complexity index is 4380. The Labute approximate surface area is 459 Å². The SMILES string of the molecule is Cc1ccc(C2(c3nc(C4(c5ccc(C)cc5)c5ccccc5-c5ncccc54)nc(C4(c5ccc(C)cc5)c5ccccc5-c5c4ccc4c6ccccc6n(-c6ccccc6)c54)n3)c3ccccc3-c3ccccc32)cc1. The van der Waals surface area contributed by atoms with Gasteiger partial charge >= 0.3 is 0 Å². The van der Waals surface area contributed by atoms with Crippen molar-refractivity contribution >= 4 is 21.8 Å². The van der Waals surface area contributed by atoms with E-state index >= 15 is 0 Å². The molecule has 13 aromatic rings. The second kappa shape index (κ2) is 16.8. The summed E-state index contributed by atoms with van der Waals surface area (Å²) >= 11 is 0. The molecule has 0 bridgehead atoms. The fourth-order valence-corrected chi connectivity index (χ4v) is 14.3. The zero-order chi connectivity index (χ0) is 52.6. The van der Waals surface area contributed by atoms with Crippen LogP contribution in [0.25, 0.3) is 61.0 Å². The molecular weight excluding hydrogens is 959 g/mol. The molecule has 10 aromatic carbocycles. The summed E-state index contributed by atoms with van der Waals surface area (Å²) in [5.41, 5.74) is 20.3. The van der Waals surface area contributed by atoms with E-state index < -0.39 is 16.2 Å². The van der Waals surface area contributed by atoms with E-state index in [0.717, 1.165) is 100 Å². The van der Waals surface area contributed by atoms with E-state index in [9.17, 15) is 0 Å². The third-order valence-electron chi connectivity index (χ3n) is 17.7. The quantitative estimate of drug-likeness (QED) is 0.160. The summed E-state index contributed by atoms with van der Waals surface area (Å²) in [4.78, 5) is 24.1. The number of fused-ring (bicyclic) bond motifs is 13. The van der Waals surface area contributed by atoms with E-state index in [1.807, 2.05) is 6.20 Å². The van der Waals surface area contributed by atoms with Gasteiger partial charge in [-0.2, -0.15) is 0 Å². The first-order valence-corrected chi connectivity index (χ1v) is 27.4. The maximum absolute atomic E-state index is 6.32. The Morgan fingerprint density at radius 3 is 1.29 bits per heavy atom. The smallest absolute Gasteiger partial charge is 0.152 e. The first-order valence-electron chi connectivity index (χ1n) is 27.4. The Balaban J connectivity index is 1.14. The van der Waals surface area contributed by atoms with E-state index in [4.69, 9.17) is 19.9 Å². The summed E-state index contributed by atoms with van der Waals surface area (Å²) in [6.45, 7) is 6.49. The molecule has 3 aliphatic carbocycles. The van der Waals surface area contributed by atoms with Crippen molar-refractivity contribution in [3.05, 3.63) is 339 Å². The number of hydrogen-bond acceptors (Lipinski definition) is 4. The Kier molecular flexibility index (Phi) is 9.66. The van der Waals surface area contributed by atoms with Crippen LogP contribution in [0.1, 0.15) is 84.2 Å². The molecule has 0 radical (unpaired) electrons. The van der Waals surface area contributed by atoms with Gasteiger partial charge in [0, 0.05) is 39.3 Å². The minimum absolute atomic E-state index is 0.640. The van der Waals surface area contributed by atoms with E-state index in [0.29, 0.717) is 17.5 Å². The number of pyridine rings is 1. The van der Waals surface area contributed by atoms with Crippen molar-refractivity contribution in [2.24, 2.45) is 0 Å². The first kappa shape index (κ1) is 45.4. The molecule has 3 heterocycles. The highest BCUT2D eigenvalue weighted by Gasteiger charge is 2.56. The molecular formula is C74H51N5. The molecule has 5 nitrogen and oxygen atoms in total. The Morgan fingerprint density at radius 1 is 0.316 bits per heavy atom. The van der Waals surface area contributed by atoms with Gasteiger partial charge in [0.1, 0.15) is 16.2 Å². The van der Waals surface area contributed by atoms with Crippen LogP contribution in [0.4, 0.5) is 0 Å². The highest BCUT2D eigenvalue weighted by atomic mass is 15.1. The van der Waals surface area contributed by atoms with Crippen LogP contribution in [0.3, 0.4) is 0 Å². The molecule has 0 saturated carbocycles. The van der Waals surface area contributed by atoms with E-state index in [1.54, 1.807) is 0 Å². The molecule has 16 rings (SSSR count). The van der Waals surface area contributed by atoms with Crippen LogP contribution in [0.2, 0.25) is 0 Å². The first-order chi connectivity index (χ1) is 38.9. The zero-order valence-corrected chi connectivity index (χ0v) is 44.0. The summed E-state index contributed by atoms with van der Waals surface area (Å²) in [7, 11) is 0. The molecule has 2 atom stereocenters. The van der Waals surface area contributed by atoms with Gasteiger partial charge in [0.2, 0.25) is 0 Å². The van der Waals surface area contributed by atoms with Crippen molar-refractivity contribution in [3.63, 3.8) is 0 Å². The minimum Gasteiger partial charge on any atom is -0.309 e. The summed E-state index contributed by atoms with van der Waals surface area (Å²) in [6, 6.07) is 91.5. The van der Waals surface area contributed by atoms with Gasteiger partial charge in [-0.15, -0.1) is 0 Å². The topological polar surface area (TPSA) is 56.5 Å². The van der Waals surface area contributed by atoms with E-state index in [-0.39, 0.29) is 0 Å². The lowest BCUT2D eigenvalue weighted by molar-refractivity contribution is 0.581. The van der Waals surface area contributed by atoms with Gasteiger partial charge in [0.25, 0.3) is 0 Å². The monoisotopic (exact) mass is 1010 g/mol. The number of nitrogens with zero attached hydrogens (tertiary/aromatic N) is 5. The van der Waals surface area contributed by atoms with Gasteiger partial charge in [0.05, 0.1) is 16.7 Å². The number of benzene rings is 10. The molecule has 3 aromatic heterocycles. The van der Waals surface area contributed by atoms with E-state index in [1.165, 1.54) is 27.5 Å². The van der Waals surface area contributed by atoms with E-state index in [2.05, 4.69) is 274 Å². The third kappa shape index (κ3) is 5.99. The average Bonchev–Trinajstić information content (AvgIpc) is 3.61. The molecule has 0 fully saturated rings. The predicted molar refractivity (Wildman–Crippen MR) is 318 cm³/mol. The second-order valence-corrected chi connectivity index (χ2v) is 21.8. The van der Waals surface area contributed by atoms with Crippen molar-refractivity contribution in [2.75, 3.05) is 0 Å². The van der Waals surface area contributed by atoms with Crippen molar-refractivity contribution in [3.8, 4) is 39.2 Å². The highest BCUT2D eigenvalue weighted by molar-refractivity contribution is 6.16. The molecule has 2 unspecified atom stereocenters. The fraction of sp³-hybridized carbons (Fsp3) is 0.0811. The number of para-hydroxylation sites is 2. The van der Waals surface area contributed by atoms with Crippen LogP contribution in [0.5, 0.6) is 0 Å². The molecule has 79 heavy (non-hydrogen) atoms. The molecule has 0 amide bonds. The third-order valence-corrected chi connectivity index (χ3v) is 17.7. The number of rotatable bonds is 7. The molecule has 0 aliphatic heterocycles. The maximum Gasteiger partial charge on any atom is 0.152 e. The fourth-order valence-electron chi connectivity index (χ4n) is 14.3. The lowest BCUT2D eigenvalue weighted by Crippen LogP contribution is -2.40. The van der Waals surface area contributed by atoms with Crippen molar-refractivity contribution < 1.29 is 0 Å². The standard InChI is InChI=1S/C74H51N5/c1-46-31-37-49(38-32-46)72(59-25-12-7-20-53(59)54-21-8-13-26-60(54)72)69-76-70(78-71(77-69)74(51-41-35-48(3)36-42-51)62-28-15-10-24-58(62)67-64(74)29-17-45-75-67)73(50-39-33-47(2)34-40-50)61-27-14-9-23-57(61)66-63(73)44-43-56-55-22-11-16-30-65(55)79(68(56)66)52-18-5-4-6-19-52/h4-45H,1-3H3. The largest absolute Gasteiger partial charge is 0.309 e. The predicted octanol–water partition coefficient (Wildman–Crippen LogP) is 16.4. The van der Waals surface area contributed by atoms with Crippen molar-refractivity contribution in [1.82, 2.24) is 24.5 Å². The van der Waals surface area contributed by atoms with Crippen LogP contribution < -0.4 is 0 Å². The number of aromatic nitrogens is 5. The average molecular weight is 1010 g/mol. The summed E-state index contributed by atoms with van der Waals surface area (Å²) in [5, 5.41) is 2.39. The van der Waals surface area contributed by atoms with Crippen LogP contribution in [-0.2, 0) is 16.2 Å². The Hall–Kier alpha value is -9.84. The maximum atomic E-state index is 6.32. The number of hydrogen-bond donors (Lipinski definition) is 0. The van der Waals surface area contributed by atoms with Gasteiger partial charge in [-0.05, 0) is 106 Å². The highest BCUT2D eigenvalue weighted by Crippen LogP contribution is 2.62. The van der Waals surface area contributed by atoms with Crippen LogP contribution in [0, 0.1) is 20.8 Å². The van der Waals surface area contributed by atoms with Gasteiger partial charge < -0.3 is 4.57 Å². The summed E-state index contributed by atoms with van der Waals surface area (Å²) in [5.74, 6) is 1.95. The van der Waals surface area contributed by atoms with Crippen LogP contribution >= 0.6 is 0 Å². The number of aryl methyl sites for hydroxylation is 3. The Morgan fingerprint density at radius 2 is 0.734 bits per heavy atom. The van der Waals surface area contributed by atoms with Crippen LogP contribution in [0.15, 0.2) is 255 Å². The normalized spacial score (nSPS) is 17.0. The van der Waals surface area contributed by atoms with Gasteiger partial charge in [-0.25, -0.2) is 15.0 Å². The van der Waals surface area contributed by atoms with Gasteiger partial charge in [-0.1, -0.05) is 241 Å². The van der Waals surface area contributed by atoms with Crippen molar-refractivity contribution in [2.45, 2.75) is 37.0 Å². The lowest BCUT2D eigenvalue weighted by Gasteiger charge is -2.38. The minimum atomic E-state index is -1.07. The summed E-state index contributed by atoms with van der Waals surface area (Å²) < 4.78 is 2.47. The molecule has 372 valence electrons. The molecule has 5 heteroatoms. The van der Waals surface area contributed by atoms with Crippen LogP contribution in [-0.4, -0.2) is 24.5 Å². The molecule has 0 spiro atoms. The van der Waals surface area contributed by atoms with Gasteiger partial charge in [-0.3, -0.25) is 4.98 Å². The molecule has 0 N–H and O–H groups in total. The lowest BCUT2D eigenvalue weighted by atomic mass is 9.68. The van der Waals surface area contributed by atoms with Gasteiger partial charge in [0.15, 0.2) is 17.5 Å².